The van der Waals surface area contributed by atoms with Crippen molar-refractivity contribution in [3.63, 3.8) is 0 Å². The Balaban J connectivity index is 1.30. The molecule has 3 fully saturated rings. The lowest BCUT2D eigenvalue weighted by atomic mass is 9.59. The molecule has 0 radical (unpaired) electrons. The fraction of sp³-hybridized carbons (Fsp3) is 0.846. The first-order valence-electron chi connectivity index (χ1n) is 24.1. The van der Waals surface area contributed by atoms with Gasteiger partial charge in [0.1, 0.15) is 0 Å². The van der Waals surface area contributed by atoms with E-state index in [2.05, 4.69) is 76.3 Å². The third-order valence-corrected chi connectivity index (χ3v) is 14.6. The van der Waals surface area contributed by atoms with E-state index in [-0.39, 0.29) is 0 Å². The first kappa shape index (κ1) is 45.4. The summed E-state index contributed by atoms with van der Waals surface area (Å²) in [7, 11) is 0. The molecule has 0 aromatic carbocycles. The normalized spacial score (nSPS) is 24.4. The molecular weight excluding hydrogens is 625 g/mol. The van der Waals surface area contributed by atoms with Crippen LogP contribution in [0.1, 0.15) is 246 Å². The van der Waals surface area contributed by atoms with E-state index in [0.717, 1.165) is 41.9 Å². The number of hydrogen-bond acceptors (Lipinski definition) is 0. The van der Waals surface area contributed by atoms with Crippen LogP contribution in [0.25, 0.3) is 0 Å². The number of rotatable bonds is 30. The molecule has 0 saturated heterocycles. The minimum absolute atomic E-state index is 0.685. The van der Waals surface area contributed by atoms with Crippen molar-refractivity contribution >= 4 is 0 Å². The Morgan fingerprint density at radius 1 is 0.404 bits per heavy atom. The van der Waals surface area contributed by atoms with E-state index in [9.17, 15) is 0 Å². The van der Waals surface area contributed by atoms with Gasteiger partial charge in [-0.2, -0.15) is 0 Å². The van der Waals surface area contributed by atoms with Crippen LogP contribution in [0, 0.1) is 34.5 Å². The van der Waals surface area contributed by atoms with Gasteiger partial charge in [-0.15, -0.1) is 0 Å². The topological polar surface area (TPSA) is 0 Å². The molecule has 0 heterocycles. The highest BCUT2D eigenvalue weighted by atomic mass is 14.6. The molecule has 3 saturated carbocycles. The largest absolute Gasteiger partial charge is 0.0882 e. The highest BCUT2D eigenvalue weighted by Crippen LogP contribution is 2.62. The molecule has 0 nitrogen and oxygen atoms in total. The maximum absolute atomic E-state index is 2.55. The molecule has 1 spiro atoms. The van der Waals surface area contributed by atoms with Crippen LogP contribution in [0.3, 0.4) is 0 Å². The molecular formula is C52H92. The van der Waals surface area contributed by atoms with Crippen molar-refractivity contribution < 1.29 is 0 Å². The van der Waals surface area contributed by atoms with Crippen molar-refractivity contribution in [1.29, 1.82) is 0 Å². The monoisotopic (exact) mass is 717 g/mol. The van der Waals surface area contributed by atoms with Gasteiger partial charge in [-0.3, -0.25) is 0 Å². The Morgan fingerprint density at radius 2 is 0.750 bits per heavy atom. The second-order valence-electron chi connectivity index (χ2n) is 19.0. The van der Waals surface area contributed by atoms with Crippen LogP contribution >= 0.6 is 0 Å². The molecule has 3 aliphatic carbocycles. The lowest BCUT2D eigenvalue weighted by molar-refractivity contribution is 0.0568. The van der Waals surface area contributed by atoms with Gasteiger partial charge in [0.15, 0.2) is 0 Å². The highest BCUT2D eigenvalue weighted by molar-refractivity contribution is 5.02. The van der Waals surface area contributed by atoms with Crippen molar-refractivity contribution in [3.8, 4) is 0 Å². The summed E-state index contributed by atoms with van der Waals surface area (Å²) in [5, 5.41) is 0. The summed E-state index contributed by atoms with van der Waals surface area (Å²) in [6, 6.07) is 0. The van der Waals surface area contributed by atoms with Gasteiger partial charge in [0.2, 0.25) is 0 Å². The van der Waals surface area contributed by atoms with Crippen LogP contribution in [-0.2, 0) is 0 Å². The molecule has 0 aliphatic heterocycles. The van der Waals surface area contributed by atoms with Crippen LogP contribution in [0.4, 0.5) is 0 Å². The fourth-order valence-corrected chi connectivity index (χ4v) is 10.8. The van der Waals surface area contributed by atoms with Gasteiger partial charge in [0, 0.05) is 0 Å². The van der Waals surface area contributed by atoms with Gasteiger partial charge in [-0.1, -0.05) is 166 Å². The highest BCUT2D eigenvalue weighted by Gasteiger charge is 2.51. The van der Waals surface area contributed by atoms with Crippen molar-refractivity contribution in [2.45, 2.75) is 246 Å². The molecule has 0 aromatic rings. The number of hydrogen-bond donors (Lipinski definition) is 0. The minimum Gasteiger partial charge on any atom is -0.0882 e. The summed E-state index contributed by atoms with van der Waals surface area (Å²) in [4.78, 5) is 0. The number of fused-ring (bicyclic) bond motifs is 1. The molecule has 0 N–H and O–H groups in total. The number of unbranched alkanes of at least 4 members (excludes halogenated alkanes) is 18. The Kier molecular flexibility index (Phi) is 24.8. The molecule has 0 heteroatoms. The zero-order valence-corrected chi connectivity index (χ0v) is 36.0. The quantitative estimate of drug-likeness (QED) is 0.0513. The SMILES string of the molecule is CCCCC/C=C\C/C=C\CCCCCCCCC1(CCCCCCCC/C=C\C/C=C\CCCCC)CCC2(CC1)C[C@H]1C[C@@H](C)[C@@H](C)C[C@H]1C2. The molecule has 0 aromatic heterocycles. The summed E-state index contributed by atoms with van der Waals surface area (Å²) >= 11 is 0. The number of allylic oxidation sites excluding steroid dienone is 8. The summed E-state index contributed by atoms with van der Waals surface area (Å²) in [5.41, 5.74) is 1.42. The summed E-state index contributed by atoms with van der Waals surface area (Å²) in [6.07, 6.45) is 67.7. The van der Waals surface area contributed by atoms with Crippen molar-refractivity contribution in [2.24, 2.45) is 34.5 Å². The molecule has 0 bridgehead atoms. The van der Waals surface area contributed by atoms with Gasteiger partial charge in [0.05, 0.1) is 0 Å². The summed E-state index contributed by atoms with van der Waals surface area (Å²) in [5.74, 6) is 4.07. The van der Waals surface area contributed by atoms with Crippen LogP contribution in [0.5, 0.6) is 0 Å². The van der Waals surface area contributed by atoms with E-state index in [1.165, 1.54) is 141 Å². The average molecular weight is 717 g/mol. The van der Waals surface area contributed by atoms with Gasteiger partial charge in [-0.05, 0) is 163 Å². The van der Waals surface area contributed by atoms with Gasteiger partial charge in [-0.25, -0.2) is 0 Å². The second-order valence-corrected chi connectivity index (χ2v) is 19.0. The predicted molar refractivity (Wildman–Crippen MR) is 235 cm³/mol. The smallest absolute Gasteiger partial charge is 0.0169 e. The van der Waals surface area contributed by atoms with Crippen molar-refractivity contribution in [3.05, 3.63) is 48.6 Å². The average Bonchev–Trinajstić information content (AvgIpc) is 3.48. The van der Waals surface area contributed by atoms with Crippen LogP contribution < -0.4 is 0 Å². The molecule has 300 valence electrons. The Morgan fingerprint density at radius 3 is 1.13 bits per heavy atom. The van der Waals surface area contributed by atoms with Crippen LogP contribution in [-0.4, -0.2) is 0 Å². The third-order valence-electron chi connectivity index (χ3n) is 14.6. The van der Waals surface area contributed by atoms with Crippen molar-refractivity contribution in [2.75, 3.05) is 0 Å². The van der Waals surface area contributed by atoms with E-state index in [0.29, 0.717) is 5.41 Å². The van der Waals surface area contributed by atoms with E-state index in [1.54, 1.807) is 64.2 Å². The van der Waals surface area contributed by atoms with E-state index in [1.807, 2.05) is 0 Å². The Hall–Kier alpha value is -1.04. The standard InChI is InChI=1S/C52H92/c1-5-7-9-11-13-15-17-19-21-23-25-27-29-31-33-35-37-51(38-36-34-32-30-28-26-24-22-20-18-16-14-12-10-8-6-2)39-41-52(42-40-51)45-49-43-47(3)48(4)44-50(49)46-52/h13-16,19-22,47-50H,5-12,17-18,23-46H2,1-4H3/b15-13-,16-14-,21-19-,22-20-/t47-,48+,49-,50+. The zero-order valence-electron chi connectivity index (χ0n) is 36.0. The molecule has 52 heavy (non-hydrogen) atoms. The fourth-order valence-electron chi connectivity index (χ4n) is 10.8. The lowest BCUT2D eigenvalue weighted by Gasteiger charge is -2.46. The second kappa shape index (κ2) is 28.4. The van der Waals surface area contributed by atoms with E-state index >= 15 is 0 Å². The third kappa shape index (κ3) is 19.0. The first-order chi connectivity index (χ1) is 25.5. The Labute approximate surface area is 328 Å². The minimum atomic E-state index is 0.685. The molecule has 3 aliphatic rings. The Bertz CT molecular complexity index is 883. The maximum atomic E-state index is 2.55. The lowest BCUT2D eigenvalue weighted by Crippen LogP contribution is -2.33. The molecule has 4 atom stereocenters. The van der Waals surface area contributed by atoms with Gasteiger partial charge >= 0.3 is 0 Å². The summed E-state index contributed by atoms with van der Waals surface area (Å²) < 4.78 is 0. The predicted octanol–water partition coefficient (Wildman–Crippen LogP) is 18.0. The van der Waals surface area contributed by atoms with Gasteiger partial charge < -0.3 is 0 Å². The van der Waals surface area contributed by atoms with Gasteiger partial charge in [0.25, 0.3) is 0 Å². The maximum Gasteiger partial charge on any atom is -0.0169 e. The zero-order chi connectivity index (χ0) is 37.0. The molecule has 0 amide bonds. The molecule has 3 rings (SSSR count). The van der Waals surface area contributed by atoms with E-state index in [4.69, 9.17) is 0 Å². The first-order valence-corrected chi connectivity index (χ1v) is 24.1. The molecule has 0 unspecified atom stereocenters. The van der Waals surface area contributed by atoms with Crippen LogP contribution in [0.2, 0.25) is 0 Å². The van der Waals surface area contributed by atoms with Crippen molar-refractivity contribution in [1.82, 2.24) is 0 Å². The summed E-state index contributed by atoms with van der Waals surface area (Å²) in [6.45, 7) is 9.68. The van der Waals surface area contributed by atoms with Crippen LogP contribution in [0.15, 0.2) is 48.6 Å². The van der Waals surface area contributed by atoms with E-state index < -0.39 is 0 Å².